The van der Waals surface area contributed by atoms with Crippen molar-refractivity contribution in [2.75, 3.05) is 11.9 Å². The normalized spacial score (nSPS) is 16.2. The lowest BCUT2D eigenvalue weighted by Crippen LogP contribution is -2.49. The lowest BCUT2D eigenvalue weighted by molar-refractivity contribution is -0.115. The minimum Gasteiger partial charge on any atom is -0.322 e. The molecule has 1 saturated carbocycles. The molecule has 2 aromatic rings. The summed E-state index contributed by atoms with van der Waals surface area (Å²) in [6.45, 7) is -0.161. The fourth-order valence-corrected chi connectivity index (χ4v) is 3.64. The Labute approximate surface area is 178 Å². The van der Waals surface area contributed by atoms with Crippen molar-refractivity contribution in [3.05, 3.63) is 64.7 Å². The molecule has 0 aliphatic heterocycles. The van der Waals surface area contributed by atoms with Crippen molar-refractivity contribution in [1.82, 2.24) is 5.32 Å². The number of anilines is 1. The molecular formula is C22H22ClF2N3O2. The van der Waals surface area contributed by atoms with Gasteiger partial charge in [0.25, 0.3) is 0 Å². The quantitative estimate of drug-likeness (QED) is 0.499. The lowest BCUT2D eigenvalue weighted by atomic mass is 9.89. The highest BCUT2D eigenvalue weighted by atomic mass is 35.5. The van der Waals surface area contributed by atoms with E-state index in [2.05, 4.69) is 15.6 Å². The molecule has 3 rings (SSSR count). The molecule has 2 N–H and O–H groups in total. The number of hydrogen-bond donors (Lipinski definition) is 2. The van der Waals surface area contributed by atoms with E-state index in [-0.39, 0.29) is 17.9 Å². The molecule has 2 aromatic carbocycles. The first-order valence-electron chi connectivity index (χ1n) is 9.72. The van der Waals surface area contributed by atoms with Crippen LogP contribution in [0.25, 0.3) is 0 Å². The van der Waals surface area contributed by atoms with Gasteiger partial charge in [0, 0.05) is 10.6 Å². The fourth-order valence-electron chi connectivity index (χ4n) is 3.51. The Morgan fingerprint density at radius 3 is 2.47 bits per heavy atom. The second-order valence-corrected chi connectivity index (χ2v) is 7.65. The lowest BCUT2D eigenvalue weighted by Gasteiger charge is -2.35. The summed E-state index contributed by atoms with van der Waals surface area (Å²) in [5.74, 6) is -2.67. The van der Waals surface area contributed by atoms with Gasteiger partial charge in [-0.2, -0.15) is 0 Å². The van der Waals surface area contributed by atoms with Crippen LogP contribution in [0, 0.1) is 11.6 Å². The van der Waals surface area contributed by atoms with Crippen molar-refractivity contribution in [2.45, 2.75) is 37.8 Å². The smallest absolute Gasteiger partial charge is 0.238 e. The molecule has 8 heteroatoms. The molecule has 1 fully saturated rings. The molecule has 30 heavy (non-hydrogen) atoms. The maximum atomic E-state index is 13.8. The van der Waals surface area contributed by atoms with E-state index in [0.717, 1.165) is 25.3 Å². The minimum absolute atomic E-state index is 0.161. The van der Waals surface area contributed by atoms with Gasteiger partial charge in [0.15, 0.2) is 17.9 Å². The number of aliphatic imine (C=N–C) groups is 1. The molecule has 0 unspecified atom stereocenters. The van der Waals surface area contributed by atoms with Crippen molar-refractivity contribution in [1.29, 1.82) is 0 Å². The molecular weight excluding hydrogens is 412 g/mol. The van der Waals surface area contributed by atoms with E-state index in [1.165, 1.54) is 12.1 Å². The van der Waals surface area contributed by atoms with Crippen LogP contribution in [0.1, 0.15) is 37.7 Å². The van der Waals surface area contributed by atoms with Crippen LogP contribution in [0.4, 0.5) is 14.5 Å². The van der Waals surface area contributed by atoms with Gasteiger partial charge in [-0.05, 0) is 49.9 Å². The van der Waals surface area contributed by atoms with E-state index in [4.69, 9.17) is 11.6 Å². The highest BCUT2D eigenvalue weighted by Gasteiger charge is 2.32. The number of halogens is 3. The highest BCUT2D eigenvalue weighted by molar-refractivity contribution is 6.36. The van der Waals surface area contributed by atoms with E-state index in [0.29, 0.717) is 29.7 Å². The summed E-state index contributed by atoms with van der Waals surface area (Å²) in [5, 5.41) is 6.05. The molecule has 0 atom stereocenters. The van der Waals surface area contributed by atoms with E-state index >= 15 is 0 Å². The van der Waals surface area contributed by atoms with Gasteiger partial charge < -0.3 is 5.32 Å². The zero-order valence-corrected chi connectivity index (χ0v) is 17.0. The van der Waals surface area contributed by atoms with Gasteiger partial charge >= 0.3 is 0 Å². The average Bonchev–Trinajstić information content (AvgIpc) is 2.75. The summed E-state index contributed by atoms with van der Waals surface area (Å²) in [5.41, 5.74) is -0.116. The summed E-state index contributed by atoms with van der Waals surface area (Å²) in [4.78, 5) is 28.7. The molecule has 158 valence electrons. The largest absolute Gasteiger partial charge is 0.322 e. The van der Waals surface area contributed by atoms with Crippen LogP contribution >= 0.6 is 11.6 Å². The van der Waals surface area contributed by atoms with Crippen LogP contribution in [0.3, 0.4) is 0 Å². The minimum atomic E-state index is -1.11. The first kappa shape index (κ1) is 22.1. The third kappa shape index (κ3) is 5.49. The van der Waals surface area contributed by atoms with Gasteiger partial charge in [-0.15, -0.1) is 0 Å². The van der Waals surface area contributed by atoms with Crippen LogP contribution in [0.15, 0.2) is 47.5 Å². The SMILES string of the molecule is O=C/C(=N\C1(NCC(=O)Nc2cccc(F)c2F)CCCCC1)c1ccc(Cl)cc1. The summed E-state index contributed by atoms with van der Waals surface area (Å²) < 4.78 is 27.1. The number of carbonyl (C=O) groups is 2. The van der Waals surface area contributed by atoms with Crippen molar-refractivity contribution < 1.29 is 18.4 Å². The number of aldehydes is 1. The predicted molar refractivity (Wildman–Crippen MR) is 113 cm³/mol. The van der Waals surface area contributed by atoms with Crippen LogP contribution in [0.2, 0.25) is 5.02 Å². The zero-order chi connectivity index (χ0) is 21.6. The zero-order valence-electron chi connectivity index (χ0n) is 16.3. The van der Waals surface area contributed by atoms with Crippen molar-refractivity contribution in [3.63, 3.8) is 0 Å². The van der Waals surface area contributed by atoms with E-state index in [9.17, 15) is 18.4 Å². The maximum Gasteiger partial charge on any atom is 0.238 e. The van der Waals surface area contributed by atoms with Crippen molar-refractivity contribution >= 4 is 35.2 Å². The number of benzene rings is 2. The number of rotatable bonds is 7. The Morgan fingerprint density at radius 1 is 1.10 bits per heavy atom. The molecule has 0 spiro atoms. The van der Waals surface area contributed by atoms with E-state index in [1.807, 2.05) is 0 Å². The first-order valence-corrected chi connectivity index (χ1v) is 10.1. The van der Waals surface area contributed by atoms with Gasteiger partial charge in [-0.1, -0.05) is 36.2 Å². The molecule has 1 aliphatic carbocycles. The summed E-state index contributed by atoms with van der Waals surface area (Å²) in [6.07, 6.45) is 4.81. The Balaban J connectivity index is 1.76. The van der Waals surface area contributed by atoms with Crippen LogP contribution in [-0.2, 0) is 9.59 Å². The second kappa shape index (κ2) is 9.91. The maximum absolute atomic E-state index is 13.8. The standard InChI is InChI=1S/C22H22ClF2N3O2/c23-16-9-7-15(8-10-16)19(14-29)28-22(11-2-1-3-12-22)26-13-20(30)27-18-6-4-5-17(24)21(18)25/h4-10,14,26H,1-3,11-13H2,(H,27,30)/b28-19+. The Hall–Kier alpha value is -2.64. The van der Waals surface area contributed by atoms with Gasteiger partial charge in [0.1, 0.15) is 11.4 Å². The van der Waals surface area contributed by atoms with Crippen LogP contribution in [-0.4, -0.2) is 30.1 Å². The van der Waals surface area contributed by atoms with Gasteiger partial charge in [0.2, 0.25) is 5.91 Å². The predicted octanol–water partition coefficient (Wildman–Crippen LogP) is 4.49. The molecule has 1 amide bonds. The monoisotopic (exact) mass is 433 g/mol. The fraction of sp³-hybridized carbons (Fsp3) is 0.318. The Kier molecular flexibility index (Phi) is 7.29. The summed E-state index contributed by atoms with van der Waals surface area (Å²) >= 11 is 5.92. The van der Waals surface area contributed by atoms with E-state index in [1.54, 1.807) is 24.3 Å². The number of nitrogens with one attached hydrogen (secondary N) is 2. The van der Waals surface area contributed by atoms with Crippen molar-refractivity contribution in [2.24, 2.45) is 4.99 Å². The molecule has 0 aromatic heterocycles. The summed E-state index contributed by atoms with van der Waals surface area (Å²) in [6, 6.07) is 10.4. The number of carbonyl (C=O) groups excluding carboxylic acids is 2. The molecule has 0 radical (unpaired) electrons. The first-order chi connectivity index (χ1) is 14.4. The molecule has 0 saturated heterocycles. The molecule has 5 nitrogen and oxygen atoms in total. The second-order valence-electron chi connectivity index (χ2n) is 7.22. The summed E-state index contributed by atoms with van der Waals surface area (Å²) in [7, 11) is 0. The van der Waals surface area contributed by atoms with Crippen molar-refractivity contribution in [3.8, 4) is 0 Å². The highest BCUT2D eigenvalue weighted by Crippen LogP contribution is 2.30. The molecule has 1 aliphatic rings. The van der Waals surface area contributed by atoms with Crippen LogP contribution in [0.5, 0.6) is 0 Å². The topological polar surface area (TPSA) is 70.6 Å². The number of amides is 1. The molecule has 0 bridgehead atoms. The average molecular weight is 434 g/mol. The van der Waals surface area contributed by atoms with Crippen LogP contribution < -0.4 is 10.6 Å². The molecule has 0 heterocycles. The number of hydrogen-bond acceptors (Lipinski definition) is 4. The van der Waals surface area contributed by atoms with E-state index < -0.39 is 23.2 Å². The third-order valence-electron chi connectivity index (χ3n) is 5.07. The van der Waals surface area contributed by atoms with Gasteiger partial charge in [-0.3, -0.25) is 19.9 Å². The third-order valence-corrected chi connectivity index (χ3v) is 5.32. The Morgan fingerprint density at radius 2 is 1.80 bits per heavy atom. The number of nitrogens with zero attached hydrogens (tertiary/aromatic N) is 1. The van der Waals surface area contributed by atoms with Gasteiger partial charge in [0.05, 0.1) is 12.2 Å². The Bertz CT molecular complexity index is 942. The van der Waals surface area contributed by atoms with Gasteiger partial charge in [-0.25, -0.2) is 8.78 Å².